The Balaban J connectivity index is 1.55. The summed E-state index contributed by atoms with van der Waals surface area (Å²) in [6, 6.07) is 15.7. The zero-order chi connectivity index (χ0) is 19.2. The molecule has 5 heteroatoms. The quantitative estimate of drug-likeness (QED) is 0.808. The molecule has 27 heavy (non-hydrogen) atoms. The van der Waals surface area contributed by atoms with Gasteiger partial charge in [-0.15, -0.1) is 0 Å². The maximum atomic E-state index is 13.0. The molecule has 4 nitrogen and oxygen atoms in total. The Morgan fingerprint density at radius 2 is 1.67 bits per heavy atom. The third-order valence-electron chi connectivity index (χ3n) is 5.12. The lowest BCUT2D eigenvalue weighted by atomic mass is 9.94. The SMILES string of the molecule is CCN(C(=O)C1CCN(C(=O)Cc2ccc(F)cc2)CC1)c1ccccc1. The number of anilines is 1. The van der Waals surface area contributed by atoms with Crippen LogP contribution in [0, 0.1) is 11.7 Å². The van der Waals surface area contributed by atoms with Gasteiger partial charge in [0.2, 0.25) is 11.8 Å². The maximum Gasteiger partial charge on any atom is 0.230 e. The average molecular weight is 368 g/mol. The zero-order valence-corrected chi connectivity index (χ0v) is 15.6. The van der Waals surface area contributed by atoms with Crippen LogP contribution in [0.2, 0.25) is 0 Å². The number of amides is 2. The smallest absolute Gasteiger partial charge is 0.230 e. The summed E-state index contributed by atoms with van der Waals surface area (Å²) in [4.78, 5) is 29.0. The van der Waals surface area contributed by atoms with Crippen molar-refractivity contribution in [1.82, 2.24) is 4.90 Å². The molecule has 142 valence electrons. The number of carbonyl (C=O) groups excluding carboxylic acids is 2. The van der Waals surface area contributed by atoms with Gasteiger partial charge in [0.25, 0.3) is 0 Å². The third kappa shape index (κ3) is 4.73. The van der Waals surface area contributed by atoms with Crippen LogP contribution < -0.4 is 4.90 Å². The van der Waals surface area contributed by atoms with Gasteiger partial charge in [-0.1, -0.05) is 30.3 Å². The van der Waals surface area contributed by atoms with E-state index >= 15 is 0 Å². The zero-order valence-electron chi connectivity index (χ0n) is 15.6. The van der Waals surface area contributed by atoms with Crippen LogP contribution in [0.15, 0.2) is 54.6 Å². The second-order valence-corrected chi connectivity index (χ2v) is 6.88. The van der Waals surface area contributed by atoms with E-state index in [1.54, 1.807) is 12.1 Å². The Morgan fingerprint density at radius 1 is 1.04 bits per heavy atom. The molecule has 1 heterocycles. The van der Waals surface area contributed by atoms with Crippen molar-refractivity contribution in [2.24, 2.45) is 5.92 Å². The Bertz CT molecular complexity index is 769. The molecule has 1 saturated heterocycles. The first-order valence-corrected chi connectivity index (χ1v) is 9.47. The van der Waals surface area contributed by atoms with Gasteiger partial charge in [-0.2, -0.15) is 0 Å². The molecule has 0 aromatic heterocycles. The first kappa shape index (κ1) is 19.1. The van der Waals surface area contributed by atoms with Gasteiger partial charge in [0.15, 0.2) is 0 Å². The summed E-state index contributed by atoms with van der Waals surface area (Å²) in [7, 11) is 0. The molecule has 2 amide bonds. The molecule has 2 aromatic carbocycles. The predicted molar refractivity (Wildman–Crippen MR) is 104 cm³/mol. The Hall–Kier alpha value is -2.69. The second kappa shape index (κ2) is 8.80. The van der Waals surface area contributed by atoms with Crippen molar-refractivity contribution < 1.29 is 14.0 Å². The van der Waals surface area contributed by atoms with Crippen LogP contribution in [0.5, 0.6) is 0 Å². The topological polar surface area (TPSA) is 40.6 Å². The molecular formula is C22H25FN2O2. The van der Waals surface area contributed by atoms with Crippen LogP contribution in [0.3, 0.4) is 0 Å². The summed E-state index contributed by atoms with van der Waals surface area (Å²) in [5, 5.41) is 0. The highest BCUT2D eigenvalue weighted by atomic mass is 19.1. The maximum absolute atomic E-state index is 13.0. The Kier molecular flexibility index (Phi) is 6.22. The van der Waals surface area contributed by atoms with Gasteiger partial charge in [0, 0.05) is 31.2 Å². The van der Waals surface area contributed by atoms with Crippen molar-refractivity contribution >= 4 is 17.5 Å². The van der Waals surface area contributed by atoms with E-state index in [2.05, 4.69) is 0 Å². The third-order valence-corrected chi connectivity index (χ3v) is 5.12. The molecular weight excluding hydrogens is 343 g/mol. The Labute approximate surface area is 159 Å². The largest absolute Gasteiger partial charge is 0.342 e. The van der Waals surface area contributed by atoms with E-state index in [4.69, 9.17) is 0 Å². The lowest BCUT2D eigenvalue weighted by Gasteiger charge is -2.34. The minimum atomic E-state index is -0.301. The van der Waals surface area contributed by atoms with E-state index in [1.807, 2.05) is 47.1 Å². The fourth-order valence-corrected chi connectivity index (χ4v) is 3.56. The highest BCUT2D eigenvalue weighted by molar-refractivity contribution is 5.95. The summed E-state index contributed by atoms with van der Waals surface area (Å²) in [6.07, 6.45) is 1.62. The van der Waals surface area contributed by atoms with Gasteiger partial charge in [0.1, 0.15) is 5.82 Å². The summed E-state index contributed by atoms with van der Waals surface area (Å²) in [5.74, 6) is -0.193. The van der Waals surface area contributed by atoms with Crippen molar-refractivity contribution in [3.8, 4) is 0 Å². The highest BCUT2D eigenvalue weighted by Gasteiger charge is 2.30. The second-order valence-electron chi connectivity index (χ2n) is 6.88. The van der Waals surface area contributed by atoms with E-state index in [1.165, 1.54) is 12.1 Å². The van der Waals surface area contributed by atoms with Gasteiger partial charge in [0.05, 0.1) is 6.42 Å². The van der Waals surface area contributed by atoms with Crippen LogP contribution in [-0.2, 0) is 16.0 Å². The molecule has 1 aliphatic rings. The molecule has 1 aliphatic heterocycles. The first-order chi connectivity index (χ1) is 13.1. The Morgan fingerprint density at radius 3 is 2.26 bits per heavy atom. The molecule has 1 fully saturated rings. The number of likely N-dealkylation sites (tertiary alicyclic amines) is 1. The van der Waals surface area contributed by atoms with Crippen molar-refractivity contribution in [1.29, 1.82) is 0 Å². The van der Waals surface area contributed by atoms with Crippen molar-refractivity contribution in [2.45, 2.75) is 26.2 Å². The number of carbonyl (C=O) groups is 2. The van der Waals surface area contributed by atoms with Gasteiger partial charge >= 0.3 is 0 Å². The molecule has 3 rings (SSSR count). The van der Waals surface area contributed by atoms with E-state index in [-0.39, 0.29) is 30.0 Å². The standard InChI is InChI=1S/C22H25FN2O2/c1-2-25(20-6-4-3-5-7-20)22(27)18-12-14-24(15-13-18)21(26)16-17-8-10-19(23)11-9-17/h3-11,18H,2,12-16H2,1H3. The molecule has 0 saturated carbocycles. The highest BCUT2D eigenvalue weighted by Crippen LogP contribution is 2.24. The fraction of sp³-hybridized carbons (Fsp3) is 0.364. The van der Waals surface area contributed by atoms with Gasteiger partial charge in [-0.05, 0) is 49.6 Å². The number of piperidine rings is 1. The minimum absolute atomic E-state index is 0.0305. The van der Waals surface area contributed by atoms with Crippen LogP contribution >= 0.6 is 0 Å². The van der Waals surface area contributed by atoms with Crippen molar-refractivity contribution in [3.05, 3.63) is 66.0 Å². The lowest BCUT2D eigenvalue weighted by molar-refractivity contribution is -0.134. The summed E-state index contributed by atoms with van der Waals surface area (Å²) >= 11 is 0. The van der Waals surface area contributed by atoms with Crippen LogP contribution in [0.25, 0.3) is 0 Å². The van der Waals surface area contributed by atoms with Crippen molar-refractivity contribution in [3.63, 3.8) is 0 Å². The summed E-state index contributed by atoms with van der Waals surface area (Å²) < 4.78 is 13.0. The number of hydrogen-bond donors (Lipinski definition) is 0. The predicted octanol–water partition coefficient (Wildman–Crippen LogP) is 3.66. The lowest BCUT2D eigenvalue weighted by Crippen LogP contribution is -2.45. The minimum Gasteiger partial charge on any atom is -0.342 e. The van der Waals surface area contributed by atoms with Crippen molar-refractivity contribution in [2.75, 3.05) is 24.5 Å². The number of rotatable bonds is 5. The van der Waals surface area contributed by atoms with E-state index in [9.17, 15) is 14.0 Å². The fourth-order valence-electron chi connectivity index (χ4n) is 3.56. The molecule has 2 aromatic rings. The van der Waals surface area contributed by atoms with E-state index in [0.717, 1.165) is 11.3 Å². The summed E-state index contributed by atoms with van der Waals surface area (Å²) in [6.45, 7) is 3.78. The van der Waals surface area contributed by atoms with Gasteiger partial charge < -0.3 is 9.80 Å². The molecule has 0 N–H and O–H groups in total. The molecule has 0 bridgehead atoms. The number of nitrogens with zero attached hydrogens (tertiary/aromatic N) is 2. The molecule has 0 unspecified atom stereocenters. The van der Waals surface area contributed by atoms with Gasteiger partial charge in [-0.25, -0.2) is 4.39 Å². The van der Waals surface area contributed by atoms with Crippen LogP contribution in [-0.4, -0.2) is 36.3 Å². The number of hydrogen-bond acceptors (Lipinski definition) is 2. The summed E-state index contributed by atoms with van der Waals surface area (Å²) in [5.41, 5.74) is 1.72. The average Bonchev–Trinajstić information content (AvgIpc) is 2.71. The van der Waals surface area contributed by atoms with E-state index in [0.29, 0.717) is 32.5 Å². The number of para-hydroxylation sites is 1. The normalized spacial score (nSPS) is 14.8. The molecule has 0 spiro atoms. The number of halogens is 1. The van der Waals surface area contributed by atoms with Crippen LogP contribution in [0.1, 0.15) is 25.3 Å². The molecule has 0 atom stereocenters. The molecule has 0 aliphatic carbocycles. The van der Waals surface area contributed by atoms with Gasteiger partial charge in [-0.3, -0.25) is 9.59 Å². The first-order valence-electron chi connectivity index (χ1n) is 9.47. The van der Waals surface area contributed by atoms with Crippen LogP contribution in [0.4, 0.5) is 10.1 Å². The number of benzene rings is 2. The monoisotopic (exact) mass is 368 g/mol. The van der Waals surface area contributed by atoms with E-state index < -0.39 is 0 Å². The molecule has 0 radical (unpaired) electrons.